The van der Waals surface area contributed by atoms with Gasteiger partial charge in [0.2, 0.25) is 0 Å². The van der Waals surface area contributed by atoms with Crippen LogP contribution in [0.3, 0.4) is 0 Å². The van der Waals surface area contributed by atoms with Gasteiger partial charge in [-0.05, 0) is 17.9 Å². The highest BCUT2D eigenvalue weighted by molar-refractivity contribution is 7.10. The molecule has 2 heterocycles. The molecule has 0 saturated heterocycles. The normalized spacial score (nSPS) is 12.6. The number of nitrogens with zero attached hydrogens (tertiary/aromatic N) is 2. The minimum absolute atomic E-state index is 0.245. The van der Waals surface area contributed by atoms with E-state index in [1.165, 1.54) is 22.6 Å². The van der Waals surface area contributed by atoms with Crippen LogP contribution in [0.25, 0.3) is 0 Å². The predicted molar refractivity (Wildman–Crippen MR) is 81.1 cm³/mol. The lowest BCUT2D eigenvalue weighted by Gasteiger charge is -2.17. The Kier molecular flexibility index (Phi) is 4.57. The molecule has 1 N–H and O–H groups in total. The van der Waals surface area contributed by atoms with E-state index in [0.29, 0.717) is 12.2 Å². The molecule has 0 aromatic carbocycles. The first-order valence-electron chi connectivity index (χ1n) is 6.57. The zero-order valence-corrected chi connectivity index (χ0v) is 12.7. The lowest BCUT2D eigenvalue weighted by molar-refractivity contribution is 0.505. The van der Waals surface area contributed by atoms with E-state index in [4.69, 9.17) is 0 Å². The summed E-state index contributed by atoms with van der Waals surface area (Å²) in [5.74, 6) is 0. The molecule has 6 heteroatoms. The molecular weight excluding hydrogens is 274 g/mol. The third-order valence-corrected chi connectivity index (χ3v) is 4.44. The number of nitrogens with one attached hydrogen (secondary N) is 1. The highest BCUT2D eigenvalue weighted by Crippen LogP contribution is 2.21. The van der Waals surface area contributed by atoms with Crippen LogP contribution in [0.4, 0.5) is 0 Å². The summed E-state index contributed by atoms with van der Waals surface area (Å²) in [4.78, 5) is 24.8. The molecule has 5 nitrogen and oxygen atoms in total. The fourth-order valence-corrected chi connectivity index (χ4v) is 3.00. The second-order valence-corrected chi connectivity index (χ2v) is 5.71. The largest absolute Gasteiger partial charge is 0.330 e. The van der Waals surface area contributed by atoms with Gasteiger partial charge in [0, 0.05) is 43.3 Å². The molecular formula is C14H19N3O2S. The van der Waals surface area contributed by atoms with Crippen LogP contribution in [0.5, 0.6) is 0 Å². The van der Waals surface area contributed by atoms with E-state index in [0.717, 1.165) is 11.0 Å². The Hall–Kier alpha value is -1.66. The van der Waals surface area contributed by atoms with Gasteiger partial charge in [-0.2, -0.15) is 0 Å². The average Bonchev–Trinajstić information content (AvgIpc) is 2.96. The number of hydrogen-bond donors (Lipinski definition) is 1. The van der Waals surface area contributed by atoms with Crippen molar-refractivity contribution in [2.45, 2.75) is 25.9 Å². The van der Waals surface area contributed by atoms with Crippen LogP contribution in [0, 0.1) is 0 Å². The van der Waals surface area contributed by atoms with Crippen molar-refractivity contribution >= 4 is 11.3 Å². The Labute approximate surface area is 121 Å². The monoisotopic (exact) mass is 293 g/mol. The van der Waals surface area contributed by atoms with Gasteiger partial charge in [0.15, 0.2) is 0 Å². The maximum Gasteiger partial charge on any atom is 0.330 e. The van der Waals surface area contributed by atoms with Crippen molar-refractivity contribution in [3.05, 3.63) is 55.0 Å². The van der Waals surface area contributed by atoms with E-state index < -0.39 is 0 Å². The van der Waals surface area contributed by atoms with Gasteiger partial charge in [0.05, 0.1) is 0 Å². The summed E-state index contributed by atoms with van der Waals surface area (Å²) in [5, 5.41) is 5.45. The van der Waals surface area contributed by atoms with Crippen molar-refractivity contribution in [1.82, 2.24) is 14.5 Å². The zero-order valence-electron chi connectivity index (χ0n) is 11.9. The molecule has 0 spiro atoms. The van der Waals surface area contributed by atoms with Gasteiger partial charge in [-0.15, -0.1) is 11.3 Å². The molecule has 20 heavy (non-hydrogen) atoms. The molecule has 0 aliphatic carbocycles. The maximum absolute atomic E-state index is 11.9. The van der Waals surface area contributed by atoms with E-state index in [1.54, 1.807) is 18.4 Å². The van der Waals surface area contributed by atoms with Crippen LogP contribution in [0.2, 0.25) is 0 Å². The van der Waals surface area contributed by atoms with Crippen molar-refractivity contribution in [2.24, 2.45) is 14.1 Å². The lowest BCUT2D eigenvalue weighted by atomic mass is 10.2. The molecule has 0 aliphatic rings. The van der Waals surface area contributed by atoms with Crippen LogP contribution < -0.4 is 16.6 Å². The summed E-state index contributed by atoms with van der Waals surface area (Å²) >= 11 is 1.71. The third-order valence-electron chi connectivity index (χ3n) is 3.45. The number of rotatable bonds is 5. The van der Waals surface area contributed by atoms with Gasteiger partial charge in [0.25, 0.3) is 5.56 Å². The van der Waals surface area contributed by atoms with Gasteiger partial charge >= 0.3 is 5.69 Å². The minimum Gasteiger partial charge on any atom is -0.304 e. The molecule has 0 fully saturated rings. The highest BCUT2D eigenvalue weighted by atomic mass is 32.1. The van der Waals surface area contributed by atoms with Crippen molar-refractivity contribution in [2.75, 3.05) is 0 Å². The van der Waals surface area contributed by atoms with Crippen LogP contribution in [0.1, 0.15) is 30.0 Å². The first-order chi connectivity index (χ1) is 9.54. The molecule has 0 radical (unpaired) electrons. The predicted octanol–water partition coefficient (Wildman–Crippen LogP) is 1.39. The van der Waals surface area contributed by atoms with Crippen LogP contribution in [0.15, 0.2) is 33.2 Å². The van der Waals surface area contributed by atoms with E-state index in [-0.39, 0.29) is 17.3 Å². The summed E-state index contributed by atoms with van der Waals surface area (Å²) < 4.78 is 2.62. The van der Waals surface area contributed by atoms with E-state index >= 15 is 0 Å². The molecule has 108 valence electrons. The fraction of sp³-hybridized carbons (Fsp3) is 0.429. The van der Waals surface area contributed by atoms with Crippen molar-refractivity contribution < 1.29 is 0 Å². The zero-order chi connectivity index (χ0) is 14.7. The van der Waals surface area contributed by atoms with Gasteiger partial charge in [-0.3, -0.25) is 13.9 Å². The smallest absolute Gasteiger partial charge is 0.304 e. The molecule has 0 bridgehead atoms. The third kappa shape index (κ3) is 2.91. The van der Waals surface area contributed by atoms with E-state index in [2.05, 4.69) is 18.3 Å². The summed E-state index contributed by atoms with van der Waals surface area (Å²) in [6, 6.07) is 5.87. The minimum atomic E-state index is -0.293. The van der Waals surface area contributed by atoms with Gasteiger partial charge in [-0.1, -0.05) is 13.0 Å². The number of hydrogen-bond acceptors (Lipinski definition) is 4. The SMILES string of the molecule is CCC(NCc1cc(=O)n(C)c(=O)n1C)c1cccs1. The van der Waals surface area contributed by atoms with Crippen LogP contribution in [-0.2, 0) is 20.6 Å². The molecule has 2 aromatic heterocycles. The lowest BCUT2D eigenvalue weighted by Crippen LogP contribution is -2.39. The standard InChI is InChI=1S/C14H19N3O2S/c1-4-11(12-6-5-7-20-12)15-9-10-8-13(18)17(3)14(19)16(10)2/h5-8,11,15H,4,9H2,1-3H3. The first kappa shape index (κ1) is 14.7. The molecule has 0 aliphatic heterocycles. The summed E-state index contributed by atoms with van der Waals surface area (Å²) in [6.45, 7) is 2.61. The Morgan fingerprint density at radius 2 is 2.05 bits per heavy atom. The molecule has 0 amide bonds. The molecule has 2 rings (SSSR count). The average molecular weight is 293 g/mol. The van der Waals surface area contributed by atoms with Crippen molar-refractivity contribution in [1.29, 1.82) is 0 Å². The van der Waals surface area contributed by atoms with Crippen LogP contribution >= 0.6 is 11.3 Å². The molecule has 1 unspecified atom stereocenters. The van der Waals surface area contributed by atoms with Crippen LogP contribution in [-0.4, -0.2) is 9.13 Å². The van der Waals surface area contributed by atoms with Gasteiger partial charge in [0.1, 0.15) is 0 Å². The second-order valence-electron chi connectivity index (χ2n) is 4.73. The van der Waals surface area contributed by atoms with Gasteiger partial charge in [-0.25, -0.2) is 4.79 Å². The summed E-state index contributed by atoms with van der Waals surface area (Å²) in [5.41, 5.74) is 0.139. The molecule has 2 aromatic rings. The Morgan fingerprint density at radius 3 is 2.65 bits per heavy atom. The van der Waals surface area contributed by atoms with Gasteiger partial charge < -0.3 is 5.32 Å². The quantitative estimate of drug-likeness (QED) is 0.906. The Balaban J connectivity index is 2.19. The second kappa shape index (κ2) is 6.19. The Morgan fingerprint density at radius 1 is 1.30 bits per heavy atom. The summed E-state index contributed by atoms with van der Waals surface area (Å²) in [7, 11) is 3.17. The van der Waals surface area contributed by atoms with E-state index in [9.17, 15) is 9.59 Å². The van der Waals surface area contributed by atoms with Crippen molar-refractivity contribution in [3.63, 3.8) is 0 Å². The maximum atomic E-state index is 11.9. The van der Waals surface area contributed by atoms with E-state index in [1.807, 2.05) is 11.4 Å². The number of aromatic nitrogens is 2. The Bertz CT molecular complexity index is 685. The topological polar surface area (TPSA) is 56.0 Å². The first-order valence-corrected chi connectivity index (χ1v) is 7.45. The van der Waals surface area contributed by atoms with Crippen molar-refractivity contribution in [3.8, 4) is 0 Å². The fourth-order valence-electron chi connectivity index (χ4n) is 2.11. The molecule has 1 atom stereocenters. The molecule has 0 saturated carbocycles. The summed E-state index contributed by atoms with van der Waals surface area (Å²) in [6.07, 6.45) is 0.958. The highest BCUT2D eigenvalue weighted by Gasteiger charge is 2.11. The number of thiophene rings is 1.